The van der Waals surface area contributed by atoms with Crippen molar-refractivity contribution in [2.75, 3.05) is 26.3 Å². The molecular formula is C23H26F2N2O3. The molecule has 1 spiro atoms. The first-order valence-electron chi connectivity index (χ1n) is 10.3. The zero-order valence-electron chi connectivity index (χ0n) is 16.7. The second-order valence-electron chi connectivity index (χ2n) is 8.16. The predicted octanol–water partition coefficient (Wildman–Crippen LogP) is 2.97. The molecule has 160 valence electrons. The van der Waals surface area contributed by atoms with Crippen LogP contribution in [0.2, 0.25) is 0 Å². The third kappa shape index (κ3) is 4.32. The van der Waals surface area contributed by atoms with Crippen LogP contribution in [-0.2, 0) is 11.3 Å². The number of amides is 1. The molecule has 2 aliphatic rings. The van der Waals surface area contributed by atoms with Gasteiger partial charge in [0.15, 0.2) is 0 Å². The smallest absolute Gasteiger partial charge is 0.220 e. The number of nitrogens with one attached hydrogen (secondary N) is 1. The van der Waals surface area contributed by atoms with Gasteiger partial charge in [0.2, 0.25) is 5.91 Å². The first kappa shape index (κ1) is 20.8. The van der Waals surface area contributed by atoms with Gasteiger partial charge in [0, 0.05) is 32.0 Å². The van der Waals surface area contributed by atoms with Crippen LogP contribution in [0.5, 0.6) is 5.75 Å². The van der Waals surface area contributed by atoms with Crippen LogP contribution < -0.4 is 10.1 Å². The summed E-state index contributed by atoms with van der Waals surface area (Å²) in [4.78, 5) is 14.4. The van der Waals surface area contributed by atoms with Crippen molar-refractivity contribution in [2.24, 2.45) is 0 Å². The van der Waals surface area contributed by atoms with Crippen molar-refractivity contribution < 1.29 is 23.4 Å². The standard InChI is InChI=1S/C23H26F2N2O3/c24-17-5-8-21(25)19(12-17)20-14-27(15-23(20)9-1-2-22(29)26-23)13-16-3-6-18(7-4-16)30-11-10-28/h3-8,12,20,28H,1-2,9-11,13-15H2,(H,26,29)/t20-,23+/m0/s1. The van der Waals surface area contributed by atoms with E-state index in [2.05, 4.69) is 10.2 Å². The molecule has 0 saturated carbocycles. The molecule has 0 radical (unpaired) electrons. The Kier molecular flexibility index (Phi) is 6.01. The zero-order valence-corrected chi connectivity index (χ0v) is 16.7. The minimum atomic E-state index is -0.589. The van der Waals surface area contributed by atoms with E-state index in [0.29, 0.717) is 37.4 Å². The lowest BCUT2D eigenvalue weighted by atomic mass is 9.76. The van der Waals surface area contributed by atoms with Gasteiger partial charge in [-0.05, 0) is 54.3 Å². The van der Waals surface area contributed by atoms with E-state index in [4.69, 9.17) is 9.84 Å². The number of rotatable bonds is 6. The van der Waals surface area contributed by atoms with E-state index < -0.39 is 17.2 Å². The molecule has 0 bridgehead atoms. The van der Waals surface area contributed by atoms with Crippen molar-refractivity contribution >= 4 is 5.91 Å². The second kappa shape index (κ2) is 8.70. The number of nitrogens with zero attached hydrogens (tertiary/aromatic N) is 1. The molecule has 4 rings (SSSR count). The van der Waals surface area contributed by atoms with Gasteiger partial charge in [0.1, 0.15) is 24.0 Å². The quantitative estimate of drug-likeness (QED) is 0.760. The Morgan fingerprint density at radius 3 is 2.73 bits per heavy atom. The van der Waals surface area contributed by atoms with Crippen LogP contribution in [0, 0.1) is 11.6 Å². The molecule has 2 heterocycles. The summed E-state index contributed by atoms with van der Waals surface area (Å²) in [6, 6.07) is 11.2. The molecule has 2 atom stereocenters. The molecular weight excluding hydrogens is 390 g/mol. The number of piperidine rings is 1. The van der Waals surface area contributed by atoms with Crippen molar-refractivity contribution in [2.45, 2.75) is 37.3 Å². The number of carbonyl (C=O) groups excluding carboxylic acids is 1. The molecule has 2 fully saturated rings. The number of aliphatic hydroxyl groups is 1. The Morgan fingerprint density at radius 2 is 2.00 bits per heavy atom. The summed E-state index contributed by atoms with van der Waals surface area (Å²) in [6.45, 7) is 1.95. The lowest BCUT2D eigenvalue weighted by molar-refractivity contribution is -0.125. The summed E-state index contributed by atoms with van der Waals surface area (Å²) in [6.07, 6.45) is 1.95. The summed E-state index contributed by atoms with van der Waals surface area (Å²) >= 11 is 0. The number of ether oxygens (including phenoxy) is 1. The highest BCUT2D eigenvalue weighted by atomic mass is 19.1. The normalized spacial score (nSPS) is 24.2. The van der Waals surface area contributed by atoms with E-state index in [-0.39, 0.29) is 25.0 Å². The van der Waals surface area contributed by atoms with Gasteiger partial charge >= 0.3 is 0 Å². The molecule has 0 aliphatic carbocycles. The van der Waals surface area contributed by atoms with Crippen LogP contribution in [0.15, 0.2) is 42.5 Å². The highest BCUT2D eigenvalue weighted by Crippen LogP contribution is 2.42. The average molecular weight is 416 g/mol. The fraction of sp³-hybridized carbons (Fsp3) is 0.435. The van der Waals surface area contributed by atoms with E-state index in [9.17, 15) is 13.6 Å². The molecule has 2 saturated heterocycles. The van der Waals surface area contributed by atoms with Crippen molar-refractivity contribution in [1.29, 1.82) is 0 Å². The molecule has 2 aliphatic heterocycles. The lowest BCUT2D eigenvalue weighted by Gasteiger charge is -2.39. The lowest BCUT2D eigenvalue weighted by Crippen LogP contribution is -2.56. The number of likely N-dealkylation sites (tertiary alicyclic amines) is 1. The molecule has 2 aromatic rings. The predicted molar refractivity (Wildman–Crippen MR) is 108 cm³/mol. The van der Waals surface area contributed by atoms with Crippen LogP contribution in [0.4, 0.5) is 8.78 Å². The molecule has 1 amide bonds. The van der Waals surface area contributed by atoms with Gasteiger partial charge in [-0.15, -0.1) is 0 Å². The van der Waals surface area contributed by atoms with E-state index in [1.807, 2.05) is 24.3 Å². The maximum absolute atomic E-state index is 14.6. The Hall–Kier alpha value is -2.51. The fourth-order valence-electron chi connectivity index (χ4n) is 4.76. The molecule has 30 heavy (non-hydrogen) atoms. The topological polar surface area (TPSA) is 61.8 Å². The maximum atomic E-state index is 14.6. The first-order valence-corrected chi connectivity index (χ1v) is 10.3. The Morgan fingerprint density at radius 1 is 1.20 bits per heavy atom. The zero-order chi connectivity index (χ0) is 21.1. The van der Waals surface area contributed by atoms with Gasteiger partial charge in [0.05, 0.1) is 12.1 Å². The van der Waals surface area contributed by atoms with Crippen molar-refractivity contribution in [3.63, 3.8) is 0 Å². The van der Waals surface area contributed by atoms with Gasteiger partial charge in [0.25, 0.3) is 0 Å². The number of aliphatic hydroxyl groups excluding tert-OH is 1. The SMILES string of the molecule is O=C1CCC[C@]2(CN(Cc3ccc(OCCO)cc3)C[C@H]2c2cc(F)ccc2F)N1. The van der Waals surface area contributed by atoms with Gasteiger partial charge in [-0.25, -0.2) is 8.78 Å². The summed E-state index contributed by atoms with van der Waals surface area (Å²) in [5, 5.41) is 12.0. The average Bonchev–Trinajstić information content (AvgIpc) is 3.05. The van der Waals surface area contributed by atoms with Crippen LogP contribution in [0.1, 0.15) is 36.3 Å². The molecule has 5 nitrogen and oxygen atoms in total. The second-order valence-corrected chi connectivity index (χ2v) is 8.16. The third-order valence-electron chi connectivity index (χ3n) is 6.05. The summed E-state index contributed by atoms with van der Waals surface area (Å²) in [5.74, 6) is -0.571. The maximum Gasteiger partial charge on any atom is 0.220 e. The molecule has 0 aromatic heterocycles. The highest BCUT2D eigenvalue weighted by Gasteiger charge is 2.50. The monoisotopic (exact) mass is 416 g/mol. The molecule has 2 aromatic carbocycles. The number of hydrogen-bond acceptors (Lipinski definition) is 4. The summed E-state index contributed by atoms with van der Waals surface area (Å²) in [7, 11) is 0. The van der Waals surface area contributed by atoms with Gasteiger partial charge < -0.3 is 15.2 Å². The first-order chi connectivity index (χ1) is 14.5. The minimum absolute atomic E-state index is 0.0321. The molecule has 2 N–H and O–H groups in total. The van der Waals surface area contributed by atoms with Crippen LogP contribution >= 0.6 is 0 Å². The van der Waals surface area contributed by atoms with Crippen molar-refractivity contribution in [1.82, 2.24) is 10.2 Å². The summed E-state index contributed by atoms with van der Waals surface area (Å²) in [5.41, 5.74) is 0.796. The minimum Gasteiger partial charge on any atom is -0.491 e. The van der Waals surface area contributed by atoms with Crippen LogP contribution in [-0.4, -0.2) is 47.8 Å². The van der Waals surface area contributed by atoms with E-state index in [0.717, 1.165) is 30.5 Å². The highest BCUT2D eigenvalue weighted by molar-refractivity contribution is 5.78. The Balaban J connectivity index is 1.56. The largest absolute Gasteiger partial charge is 0.491 e. The van der Waals surface area contributed by atoms with E-state index in [1.165, 1.54) is 6.07 Å². The van der Waals surface area contributed by atoms with E-state index in [1.54, 1.807) is 0 Å². The fourth-order valence-corrected chi connectivity index (χ4v) is 4.76. The number of carbonyl (C=O) groups is 1. The van der Waals surface area contributed by atoms with Crippen LogP contribution in [0.3, 0.4) is 0 Å². The number of benzene rings is 2. The van der Waals surface area contributed by atoms with Crippen LogP contribution in [0.25, 0.3) is 0 Å². The third-order valence-corrected chi connectivity index (χ3v) is 6.05. The summed E-state index contributed by atoms with van der Waals surface area (Å²) < 4.78 is 33.9. The van der Waals surface area contributed by atoms with Gasteiger partial charge in [-0.2, -0.15) is 0 Å². The van der Waals surface area contributed by atoms with E-state index >= 15 is 0 Å². The van der Waals surface area contributed by atoms with Crippen molar-refractivity contribution in [3.05, 3.63) is 65.2 Å². The number of hydrogen-bond donors (Lipinski definition) is 2. The van der Waals surface area contributed by atoms with Gasteiger partial charge in [-0.3, -0.25) is 9.69 Å². The van der Waals surface area contributed by atoms with Gasteiger partial charge in [-0.1, -0.05) is 12.1 Å². The Labute approximate surface area is 174 Å². The molecule has 7 heteroatoms. The molecule has 0 unspecified atom stereocenters. The van der Waals surface area contributed by atoms with Crippen molar-refractivity contribution in [3.8, 4) is 5.75 Å². The number of halogens is 2. The Bertz CT molecular complexity index is 906.